The highest BCUT2D eigenvalue weighted by Gasteiger charge is 2.13. The van der Waals surface area contributed by atoms with E-state index >= 15 is 0 Å². The minimum absolute atomic E-state index is 0.148. The third-order valence-corrected chi connectivity index (χ3v) is 4.33. The predicted molar refractivity (Wildman–Crippen MR) is 87.5 cm³/mol. The quantitative estimate of drug-likeness (QED) is 0.822. The zero-order chi connectivity index (χ0) is 15.5. The van der Waals surface area contributed by atoms with Crippen LogP contribution >= 0.6 is 12.2 Å². The molecule has 0 amide bonds. The number of nitrogens with two attached hydrogens (primary N) is 1. The van der Waals surface area contributed by atoms with Crippen molar-refractivity contribution in [3.05, 3.63) is 59.4 Å². The number of hydrogen-bond acceptors (Lipinski definition) is 4. The standard InChI is InChI=1S/C14H15N3O2S2/c1-10-8-16-6-5-13(10)17-21(18,19)9-11-3-2-4-12(7-11)14(15)20/h2-8H,9H2,1H3,(H2,15,20)(H,16,17). The van der Waals surface area contributed by atoms with Gasteiger partial charge in [-0.25, -0.2) is 8.42 Å². The van der Waals surface area contributed by atoms with Crippen LogP contribution in [0.15, 0.2) is 42.7 Å². The van der Waals surface area contributed by atoms with Gasteiger partial charge < -0.3 is 5.73 Å². The summed E-state index contributed by atoms with van der Waals surface area (Å²) in [5.74, 6) is -0.148. The summed E-state index contributed by atoms with van der Waals surface area (Å²) in [7, 11) is -3.51. The van der Waals surface area contributed by atoms with E-state index in [2.05, 4.69) is 9.71 Å². The lowest BCUT2D eigenvalue weighted by atomic mass is 10.1. The molecule has 1 heterocycles. The lowest BCUT2D eigenvalue weighted by Crippen LogP contribution is -2.16. The summed E-state index contributed by atoms with van der Waals surface area (Å²) in [4.78, 5) is 4.17. The van der Waals surface area contributed by atoms with Crippen LogP contribution in [0.25, 0.3) is 0 Å². The second kappa shape index (κ2) is 6.19. The van der Waals surface area contributed by atoms with Crippen LogP contribution in [0.3, 0.4) is 0 Å². The number of nitrogens with zero attached hydrogens (tertiary/aromatic N) is 1. The minimum Gasteiger partial charge on any atom is -0.389 e. The van der Waals surface area contributed by atoms with Gasteiger partial charge in [0.05, 0.1) is 11.4 Å². The van der Waals surface area contributed by atoms with Crippen molar-refractivity contribution >= 4 is 32.9 Å². The second-order valence-electron chi connectivity index (χ2n) is 4.62. The van der Waals surface area contributed by atoms with Crippen molar-refractivity contribution in [1.29, 1.82) is 0 Å². The number of thiocarbonyl (C=S) groups is 1. The minimum atomic E-state index is -3.51. The van der Waals surface area contributed by atoms with Gasteiger partial charge in [0.1, 0.15) is 4.99 Å². The molecule has 0 spiro atoms. The molecule has 0 atom stereocenters. The van der Waals surface area contributed by atoms with E-state index in [-0.39, 0.29) is 10.7 Å². The summed E-state index contributed by atoms with van der Waals surface area (Å²) in [5, 5.41) is 0. The summed E-state index contributed by atoms with van der Waals surface area (Å²) in [6.45, 7) is 1.79. The van der Waals surface area contributed by atoms with E-state index in [0.29, 0.717) is 16.8 Å². The van der Waals surface area contributed by atoms with Gasteiger partial charge in [0.25, 0.3) is 0 Å². The van der Waals surface area contributed by atoms with Gasteiger partial charge in [-0.3, -0.25) is 9.71 Å². The van der Waals surface area contributed by atoms with Crippen LogP contribution < -0.4 is 10.5 Å². The Balaban J connectivity index is 2.20. The molecule has 1 aromatic carbocycles. The Kier molecular flexibility index (Phi) is 4.54. The fourth-order valence-corrected chi connectivity index (χ4v) is 3.21. The molecule has 0 aliphatic carbocycles. The summed E-state index contributed by atoms with van der Waals surface area (Å²) >= 11 is 4.89. The highest BCUT2D eigenvalue weighted by Crippen LogP contribution is 2.16. The Morgan fingerprint density at radius 3 is 2.81 bits per heavy atom. The van der Waals surface area contributed by atoms with Gasteiger partial charge in [-0.2, -0.15) is 0 Å². The topological polar surface area (TPSA) is 85.1 Å². The van der Waals surface area contributed by atoms with Gasteiger partial charge in [0.2, 0.25) is 10.0 Å². The van der Waals surface area contributed by atoms with Crippen LogP contribution in [0.1, 0.15) is 16.7 Å². The molecule has 2 rings (SSSR count). The Morgan fingerprint density at radius 2 is 2.14 bits per heavy atom. The molecular weight excluding hydrogens is 306 g/mol. The van der Waals surface area contributed by atoms with E-state index in [4.69, 9.17) is 18.0 Å². The van der Waals surface area contributed by atoms with Gasteiger partial charge in [-0.1, -0.05) is 30.4 Å². The molecule has 110 valence electrons. The van der Waals surface area contributed by atoms with Crippen LogP contribution in [0.2, 0.25) is 0 Å². The van der Waals surface area contributed by atoms with Crippen molar-refractivity contribution in [2.75, 3.05) is 4.72 Å². The zero-order valence-electron chi connectivity index (χ0n) is 11.4. The third-order valence-electron chi connectivity index (χ3n) is 2.85. The van der Waals surface area contributed by atoms with Crippen LogP contribution in [0, 0.1) is 6.92 Å². The number of pyridine rings is 1. The molecular formula is C14H15N3O2S2. The summed E-state index contributed by atoms with van der Waals surface area (Å²) < 4.78 is 27.0. The van der Waals surface area contributed by atoms with Gasteiger partial charge in [-0.05, 0) is 30.2 Å². The second-order valence-corrected chi connectivity index (χ2v) is 6.78. The lowest BCUT2D eigenvalue weighted by molar-refractivity contribution is 0.600. The van der Waals surface area contributed by atoms with Gasteiger partial charge in [0.15, 0.2) is 0 Å². The zero-order valence-corrected chi connectivity index (χ0v) is 13.0. The Bertz CT molecular complexity index is 773. The molecule has 2 aromatic rings. The Labute approximate surface area is 129 Å². The van der Waals surface area contributed by atoms with Crippen molar-refractivity contribution in [2.24, 2.45) is 5.73 Å². The normalized spacial score (nSPS) is 11.1. The first kappa shape index (κ1) is 15.4. The lowest BCUT2D eigenvalue weighted by Gasteiger charge is -2.10. The Morgan fingerprint density at radius 1 is 1.38 bits per heavy atom. The first-order chi connectivity index (χ1) is 9.87. The number of rotatable bonds is 5. The predicted octanol–water partition coefficient (Wildman–Crippen LogP) is 1.97. The van der Waals surface area contributed by atoms with Gasteiger partial charge in [0, 0.05) is 18.0 Å². The number of nitrogens with one attached hydrogen (secondary N) is 1. The monoisotopic (exact) mass is 321 g/mol. The highest BCUT2D eigenvalue weighted by atomic mass is 32.2. The van der Waals surface area contributed by atoms with E-state index in [1.165, 1.54) is 0 Å². The number of sulfonamides is 1. The number of benzene rings is 1. The number of anilines is 1. The molecule has 0 fully saturated rings. The molecule has 0 aliphatic heterocycles. The molecule has 0 bridgehead atoms. The Hall–Kier alpha value is -1.99. The molecule has 21 heavy (non-hydrogen) atoms. The van der Waals surface area contributed by atoms with Crippen LogP contribution in [0.4, 0.5) is 5.69 Å². The SMILES string of the molecule is Cc1cnccc1NS(=O)(=O)Cc1cccc(C(N)=S)c1. The van der Waals surface area contributed by atoms with Crippen molar-refractivity contribution in [1.82, 2.24) is 4.98 Å². The summed E-state index contributed by atoms with van der Waals surface area (Å²) in [6, 6.07) is 8.51. The van der Waals surface area contributed by atoms with Gasteiger partial charge in [-0.15, -0.1) is 0 Å². The van der Waals surface area contributed by atoms with Crippen molar-refractivity contribution in [2.45, 2.75) is 12.7 Å². The molecule has 3 N–H and O–H groups in total. The average Bonchev–Trinajstić information content (AvgIpc) is 2.41. The number of aromatic nitrogens is 1. The van der Waals surface area contributed by atoms with Crippen molar-refractivity contribution in [3.8, 4) is 0 Å². The first-order valence-corrected chi connectivity index (χ1v) is 8.23. The molecule has 0 aliphatic rings. The fraction of sp³-hybridized carbons (Fsp3) is 0.143. The summed E-state index contributed by atoms with van der Waals surface area (Å²) in [5.41, 5.74) is 8.11. The largest absolute Gasteiger partial charge is 0.389 e. The van der Waals surface area contributed by atoms with E-state index in [1.54, 1.807) is 49.6 Å². The number of aryl methyl sites for hydroxylation is 1. The van der Waals surface area contributed by atoms with Crippen LogP contribution in [-0.4, -0.2) is 18.4 Å². The van der Waals surface area contributed by atoms with E-state index < -0.39 is 10.0 Å². The molecule has 0 saturated heterocycles. The summed E-state index contributed by atoms with van der Waals surface area (Å²) in [6.07, 6.45) is 3.14. The molecule has 0 unspecified atom stereocenters. The highest BCUT2D eigenvalue weighted by molar-refractivity contribution is 7.91. The maximum absolute atomic E-state index is 12.2. The van der Waals surface area contributed by atoms with Gasteiger partial charge >= 0.3 is 0 Å². The number of hydrogen-bond donors (Lipinski definition) is 2. The molecule has 1 aromatic heterocycles. The van der Waals surface area contributed by atoms with Crippen LogP contribution in [0.5, 0.6) is 0 Å². The first-order valence-electron chi connectivity index (χ1n) is 6.17. The van der Waals surface area contributed by atoms with E-state index in [1.807, 2.05) is 0 Å². The van der Waals surface area contributed by atoms with Crippen molar-refractivity contribution < 1.29 is 8.42 Å². The third kappa shape index (κ3) is 4.24. The molecule has 0 saturated carbocycles. The maximum Gasteiger partial charge on any atom is 0.236 e. The molecule has 5 nitrogen and oxygen atoms in total. The maximum atomic E-state index is 12.2. The van der Waals surface area contributed by atoms with Crippen LogP contribution in [-0.2, 0) is 15.8 Å². The molecule has 0 radical (unpaired) electrons. The van der Waals surface area contributed by atoms with E-state index in [0.717, 1.165) is 5.56 Å². The fourth-order valence-electron chi connectivity index (χ4n) is 1.83. The van der Waals surface area contributed by atoms with Crippen molar-refractivity contribution in [3.63, 3.8) is 0 Å². The molecule has 7 heteroatoms. The smallest absolute Gasteiger partial charge is 0.236 e. The van der Waals surface area contributed by atoms with E-state index in [9.17, 15) is 8.42 Å². The average molecular weight is 321 g/mol.